The van der Waals surface area contributed by atoms with Crippen LogP contribution in [-0.2, 0) is 11.0 Å². The van der Waals surface area contributed by atoms with Gasteiger partial charge in [0.1, 0.15) is 5.82 Å². The molecular weight excluding hydrogens is 265 g/mol. The van der Waals surface area contributed by atoms with Gasteiger partial charge in [-0.1, -0.05) is 0 Å². The predicted octanol–water partition coefficient (Wildman–Crippen LogP) is -0.283. The number of carbonyl (C=O) groups is 1. The third-order valence-electron chi connectivity index (χ3n) is 2.49. The normalized spacial score (nSPS) is 16.2. The second-order valence-corrected chi connectivity index (χ2v) is 3.85. The van der Waals surface area contributed by atoms with Crippen molar-refractivity contribution in [1.29, 1.82) is 0 Å². The van der Waals surface area contributed by atoms with Crippen molar-refractivity contribution in [3.05, 3.63) is 11.8 Å². The Morgan fingerprint density at radius 2 is 2.16 bits per heavy atom. The fourth-order valence-corrected chi connectivity index (χ4v) is 1.64. The number of nitrogen functional groups attached to an aromatic ring is 1. The Morgan fingerprint density at radius 1 is 1.42 bits per heavy atom. The molecule has 4 N–H and O–H groups in total. The number of hydrogen-bond donors (Lipinski definition) is 3. The van der Waals surface area contributed by atoms with Crippen molar-refractivity contribution in [3.8, 4) is 0 Å². The first-order valence-corrected chi connectivity index (χ1v) is 5.34. The van der Waals surface area contributed by atoms with E-state index >= 15 is 0 Å². The first-order chi connectivity index (χ1) is 8.90. The molecule has 1 saturated heterocycles. The summed E-state index contributed by atoms with van der Waals surface area (Å²) in [6, 6.07) is 0.791. The minimum Gasteiger partial charge on any atom is -0.353 e. The van der Waals surface area contributed by atoms with Gasteiger partial charge in [0.05, 0.1) is 6.54 Å². The number of halogens is 3. The second kappa shape index (κ2) is 4.88. The Kier molecular flexibility index (Phi) is 3.42. The molecule has 10 heteroatoms. The van der Waals surface area contributed by atoms with E-state index in [0.29, 0.717) is 13.1 Å². The summed E-state index contributed by atoms with van der Waals surface area (Å²) >= 11 is 0. The third kappa shape index (κ3) is 3.02. The standard InChI is InChI=1S/C9H11F3N6O/c10-9(11,12)5-3-6(16-8(15-5)17-13)18-2-1-14-7(19)4-18/h3H,1-2,4,13H2,(H,14,19)(H,15,16,17). The molecule has 0 saturated carbocycles. The molecule has 7 nitrogen and oxygen atoms in total. The molecule has 0 aliphatic carbocycles. The van der Waals surface area contributed by atoms with Crippen molar-refractivity contribution in [2.75, 3.05) is 30.0 Å². The number of rotatable bonds is 2. The zero-order valence-corrected chi connectivity index (χ0v) is 9.66. The second-order valence-electron chi connectivity index (χ2n) is 3.85. The summed E-state index contributed by atoms with van der Waals surface area (Å²) < 4.78 is 38.0. The van der Waals surface area contributed by atoms with Gasteiger partial charge in [0.25, 0.3) is 0 Å². The van der Waals surface area contributed by atoms with Crippen molar-refractivity contribution < 1.29 is 18.0 Å². The maximum absolute atomic E-state index is 12.7. The van der Waals surface area contributed by atoms with Crippen LogP contribution in [0.5, 0.6) is 0 Å². The molecule has 1 aliphatic heterocycles. The third-order valence-corrected chi connectivity index (χ3v) is 2.49. The number of nitrogens with two attached hydrogens (primary N) is 1. The minimum atomic E-state index is -4.61. The number of piperazine rings is 1. The van der Waals surface area contributed by atoms with Crippen LogP contribution in [0.25, 0.3) is 0 Å². The van der Waals surface area contributed by atoms with Crippen molar-refractivity contribution >= 4 is 17.7 Å². The summed E-state index contributed by atoms with van der Waals surface area (Å²) in [4.78, 5) is 19.7. The number of hydrogen-bond acceptors (Lipinski definition) is 6. The van der Waals surface area contributed by atoms with Gasteiger partial charge in [-0.05, 0) is 0 Å². The zero-order valence-electron chi connectivity index (χ0n) is 9.66. The van der Waals surface area contributed by atoms with Crippen molar-refractivity contribution in [2.24, 2.45) is 5.84 Å². The van der Waals surface area contributed by atoms with Gasteiger partial charge in [0.2, 0.25) is 11.9 Å². The highest BCUT2D eigenvalue weighted by Gasteiger charge is 2.34. The van der Waals surface area contributed by atoms with Crippen LogP contribution in [0, 0.1) is 0 Å². The van der Waals surface area contributed by atoms with Crippen LogP contribution < -0.4 is 21.5 Å². The van der Waals surface area contributed by atoms with E-state index in [1.54, 1.807) is 0 Å². The molecule has 1 amide bonds. The number of alkyl halides is 3. The van der Waals surface area contributed by atoms with E-state index in [1.165, 1.54) is 4.90 Å². The molecule has 0 radical (unpaired) electrons. The highest BCUT2D eigenvalue weighted by Crippen LogP contribution is 2.30. The number of anilines is 2. The number of hydrazine groups is 1. The van der Waals surface area contributed by atoms with Crippen molar-refractivity contribution in [1.82, 2.24) is 15.3 Å². The quantitative estimate of drug-likeness (QED) is 0.508. The molecule has 1 fully saturated rings. The molecule has 104 valence electrons. The Hall–Kier alpha value is -2.10. The Labute approximate surface area is 106 Å². The lowest BCUT2D eigenvalue weighted by molar-refractivity contribution is -0.141. The van der Waals surface area contributed by atoms with Crippen LogP contribution >= 0.6 is 0 Å². The number of amides is 1. The molecule has 0 unspecified atom stereocenters. The van der Waals surface area contributed by atoms with Gasteiger partial charge in [-0.2, -0.15) is 18.2 Å². The van der Waals surface area contributed by atoms with E-state index < -0.39 is 11.9 Å². The molecule has 0 spiro atoms. The van der Waals surface area contributed by atoms with Gasteiger partial charge < -0.3 is 10.2 Å². The minimum absolute atomic E-state index is 0.00475. The van der Waals surface area contributed by atoms with Crippen LogP contribution in [0.4, 0.5) is 24.9 Å². The molecular formula is C9H11F3N6O. The van der Waals surface area contributed by atoms with E-state index in [-0.39, 0.29) is 24.2 Å². The van der Waals surface area contributed by atoms with Crippen LogP contribution in [0.1, 0.15) is 5.69 Å². The van der Waals surface area contributed by atoms with Gasteiger partial charge in [-0.3, -0.25) is 10.2 Å². The van der Waals surface area contributed by atoms with Crippen LogP contribution in [0.15, 0.2) is 6.07 Å². The maximum Gasteiger partial charge on any atom is 0.433 e. The van der Waals surface area contributed by atoms with E-state index in [0.717, 1.165) is 6.07 Å². The van der Waals surface area contributed by atoms with Crippen LogP contribution in [0.3, 0.4) is 0 Å². The maximum atomic E-state index is 12.7. The summed E-state index contributed by atoms with van der Waals surface area (Å²) in [6.45, 7) is 0.651. The van der Waals surface area contributed by atoms with Crippen LogP contribution in [0.2, 0.25) is 0 Å². The molecule has 2 heterocycles. The molecule has 19 heavy (non-hydrogen) atoms. The molecule has 1 aromatic heterocycles. The summed E-state index contributed by atoms with van der Waals surface area (Å²) in [7, 11) is 0. The molecule has 1 aliphatic rings. The Morgan fingerprint density at radius 3 is 2.74 bits per heavy atom. The summed E-state index contributed by atoms with van der Waals surface area (Å²) in [5.74, 6) is 4.42. The Balaban J connectivity index is 2.36. The topological polar surface area (TPSA) is 96.2 Å². The highest BCUT2D eigenvalue weighted by molar-refractivity contribution is 5.82. The molecule has 0 bridgehead atoms. The smallest absolute Gasteiger partial charge is 0.353 e. The number of aromatic nitrogens is 2. The zero-order chi connectivity index (χ0) is 14.0. The SMILES string of the molecule is NNc1nc(N2CCNC(=O)C2)cc(C(F)(F)F)n1. The van der Waals surface area contributed by atoms with E-state index in [9.17, 15) is 18.0 Å². The lowest BCUT2D eigenvalue weighted by Crippen LogP contribution is -2.48. The summed E-state index contributed by atoms with van der Waals surface area (Å²) in [5.41, 5.74) is 0.866. The average Bonchev–Trinajstić information content (AvgIpc) is 2.37. The highest BCUT2D eigenvalue weighted by atomic mass is 19.4. The molecule has 2 rings (SSSR count). The lowest BCUT2D eigenvalue weighted by Gasteiger charge is -2.28. The molecule has 1 aromatic rings. The largest absolute Gasteiger partial charge is 0.433 e. The van der Waals surface area contributed by atoms with Crippen molar-refractivity contribution in [3.63, 3.8) is 0 Å². The number of carbonyl (C=O) groups excluding carboxylic acids is 1. The van der Waals surface area contributed by atoms with E-state index in [2.05, 4.69) is 15.3 Å². The number of nitrogens with one attached hydrogen (secondary N) is 2. The first-order valence-electron chi connectivity index (χ1n) is 5.34. The van der Waals surface area contributed by atoms with E-state index in [4.69, 9.17) is 5.84 Å². The molecule has 0 atom stereocenters. The van der Waals surface area contributed by atoms with Gasteiger partial charge >= 0.3 is 6.18 Å². The fourth-order valence-electron chi connectivity index (χ4n) is 1.64. The fraction of sp³-hybridized carbons (Fsp3) is 0.444. The van der Waals surface area contributed by atoms with E-state index in [1.807, 2.05) is 5.43 Å². The van der Waals surface area contributed by atoms with Gasteiger partial charge in [0, 0.05) is 19.2 Å². The summed E-state index contributed by atoms with van der Waals surface area (Å²) in [5, 5.41) is 2.57. The lowest BCUT2D eigenvalue weighted by atomic mass is 10.3. The van der Waals surface area contributed by atoms with Gasteiger partial charge in [-0.15, -0.1) is 0 Å². The molecule has 0 aromatic carbocycles. The first kappa shape index (κ1) is 13.3. The predicted molar refractivity (Wildman–Crippen MR) is 60.1 cm³/mol. The Bertz CT molecular complexity index is 491. The monoisotopic (exact) mass is 276 g/mol. The van der Waals surface area contributed by atoms with Crippen molar-refractivity contribution in [2.45, 2.75) is 6.18 Å². The average molecular weight is 276 g/mol. The van der Waals surface area contributed by atoms with Gasteiger partial charge in [0.15, 0.2) is 5.69 Å². The number of nitrogens with zero attached hydrogens (tertiary/aromatic N) is 3. The summed E-state index contributed by atoms with van der Waals surface area (Å²) in [6.07, 6.45) is -4.61. The van der Waals surface area contributed by atoms with Crippen LogP contribution in [-0.4, -0.2) is 35.5 Å². The van der Waals surface area contributed by atoms with Gasteiger partial charge in [-0.25, -0.2) is 10.8 Å².